The Morgan fingerprint density at radius 2 is 1.88 bits per heavy atom. The van der Waals surface area contributed by atoms with Gasteiger partial charge in [-0.3, -0.25) is 4.79 Å². The molecule has 0 atom stereocenters. The summed E-state index contributed by atoms with van der Waals surface area (Å²) >= 11 is 0. The van der Waals surface area contributed by atoms with Gasteiger partial charge in [-0.1, -0.05) is 6.07 Å². The van der Waals surface area contributed by atoms with Crippen LogP contribution in [0.2, 0.25) is 0 Å². The van der Waals surface area contributed by atoms with E-state index in [-0.39, 0.29) is 11.5 Å². The second kappa shape index (κ2) is 7.88. The van der Waals surface area contributed by atoms with Gasteiger partial charge < -0.3 is 15.0 Å². The van der Waals surface area contributed by atoms with Gasteiger partial charge in [-0.05, 0) is 63.4 Å². The van der Waals surface area contributed by atoms with E-state index in [9.17, 15) is 18.0 Å². The van der Waals surface area contributed by atoms with Crippen molar-refractivity contribution in [2.45, 2.75) is 39.0 Å². The zero-order valence-corrected chi connectivity index (χ0v) is 13.9. The summed E-state index contributed by atoms with van der Waals surface area (Å²) in [6.07, 6.45) is -3.12. The number of piperidine rings is 1. The summed E-state index contributed by atoms with van der Waals surface area (Å²) in [7, 11) is 0. The molecule has 0 saturated carbocycles. The number of nitrogens with zero attached hydrogens (tertiary/aromatic N) is 1. The van der Waals surface area contributed by atoms with E-state index in [1.807, 2.05) is 0 Å². The third kappa shape index (κ3) is 4.63. The molecule has 0 unspecified atom stereocenters. The van der Waals surface area contributed by atoms with Crippen LogP contribution in [-0.2, 0) is 0 Å². The molecule has 1 aliphatic heterocycles. The van der Waals surface area contributed by atoms with Gasteiger partial charge in [0.05, 0.1) is 5.56 Å². The number of carbonyl (C=O) groups is 1. The average molecular weight is 344 g/mol. The first kappa shape index (κ1) is 18.6. The van der Waals surface area contributed by atoms with Gasteiger partial charge in [0.25, 0.3) is 5.91 Å². The van der Waals surface area contributed by atoms with E-state index in [0.29, 0.717) is 13.1 Å². The number of halogens is 3. The fourth-order valence-electron chi connectivity index (χ4n) is 3.02. The van der Waals surface area contributed by atoms with E-state index < -0.39 is 18.0 Å². The van der Waals surface area contributed by atoms with Crippen LogP contribution in [0.25, 0.3) is 0 Å². The number of rotatable bonds is 5. The highest BCUT2D eigenvalue weighted by Gasteiger charge is 2.34. The van der Waals surface area contributed by atoms with Crippen LogP contribution in [0.15, 0.2) is 18.2 Å². The number of ether oxygens (including phenoxy) is 1. The second-order valence-corrected chi connectivity index (χ2v) is 5.81. The van der Waals surface area contributed by atoms with E-state index >= 15 is 0 Å². The molecular weight excluding hydrogens is 321 g/mol. The summed E-state index contributed by atoms with van der Waals surface area (Å²) in [5.41, 5.74) is 0.737. The molecule has 0 aliphatic carbocycles. The first-order valence-electron chi connectivity index (χ1n) is 8.25. The van der Waals surface area contributed by atoms with Gasteiger partial charge in [0.1, 0.15) is 5.75 Å². The van der Waals surface area contributed by atoms with Crippen molar-refractivity contribution >= 4 is 5.91 Å². The van der Waals surface area contributed by atoms with Crippen LogP contribution in [0.1, 0.15) is 48.5 Å². The van der Waals surface area contributed by atoms with Crippen molar-refractivity contribution in [3.05, 3.63) is 29.3 Å². The van der Waals surface area contributed by atoms with Gasteiger partial charge in [0.2, 0.25) is 0 Å². The normalized spacial score (nSPS) is 16.0. The van der Waals surface area contributed by atoms with E-state index in [4.69, 9.17) is 0 Å². The van der Waals surface area contributed by atoms with Crippen LogP contribution in [0, 0.1) is 0 Å². The van der Waals surface area contributed by atoms with Gasteiger partial charge in [0, 0.05) is 13.1 Å². The first-order chi connectivity index (χ1) is 11.4. The number of alkyl halides is 3. The number of nitrogens with one attached hydrogen (secondary N) is 1. The molecule has 1 aromatic carbocycles. The summed E-state index contributed by atoms with van der Waals surface area (Å²) in [4.78, 5) is 13.9. The maximum atomic E-state index is 12.8. The zero-order chi connectivity index (χ0) is 17.7. The van der Waals surface area contributed by atoms with Gasteiger partial charge in [-0.15, -0.1) is 13.2 Å². The first-order valence-corrected chi connectivity index (χ1v) is 8.25. The molecule has 7 heteroatoms. The quantitative estimate of drug-likeness (QED) is 0.888. The van der Waals surface area contributed by atoms with Crippen LogP contribution < -0.4 is 10.1 Å². The Morgan fingerprint density at radius 3 is 2.42 bits per heavy atom. The van der Waals surface area contributed by atoms with Crippen LogP contribution in [0.3, 0.4) is 0 Å². The third-order valence-electron chi connectivity index (χ3n) is 4.32. The Hall–Kier alpha value is -1.76. The monoisotopic (exact) mass is 344 g/mol. The molecule has 1 fully saturated rings. The number of benzene rings is 1. The third-order valence-corrected chi connectivity index (χ3v) is 4.32. The predicted molar refractivity (Wildman–Crippen MR) is 85.2 cm³/mol. The fraction of sp³-hybridized carbons (Fsp3) is 0.588. The summed E-state index contributed by atoms with van der Waals surface area (Å²) in [6, 6.07) is 4.58. The van der Waals surface area contributed by atoms with Gasteiger partial charge in [-0.25, -0.2) is 0 Å². The van der Waals surface area contributed by atoms with Crippen LogP contribution in [-0.4, -0.2) is 43.3 Å². The fourth-order valence-corrected chi connectivity index (χ4v) is 3.02. The molecule has 4 nitrogen and oxygen atoms in total. The van der Waals surface area contributed by atoms with Crippen molar-refractivity contribution in [3.8, 4) is 5.75 Å². The summed E-state index contributed by atoms with van der Waals surface area (Å²) in [5.74, 6) is -0.675. The van der Waals surface area contributed by atoms with Crippen molar-refractivity contribution < 1.29 is 22.7 Å². The minimum absolute atomic E-state index is 0.0475. The van der Waals surface area contributed by atoms with Gasteiger partial charge in [-0.2, -0.15) is 0 Å². The smallest absolute Gasteiger partial charge is 0.405 e. The molecule has 1 N–H and O–H groups in total. The van der Waals surface area contributed by atoms with E-state index in [1.165, 1.54) is 17.0 Å². The number of hydrogen-bond donors (Lipinski definition) is 1. The lowest BCUT2D eigenvalue weighted by Gasteiger charge is -2.25. The molecule has 1 heterocycles. The Morgan fingerprint density at radius 1 is 1.25 bits per heavy atom. The molecule has 0 spiro atoms. The maximum Gasteiger partial charge on any atom is 0.573 e. The van der Waals surface area contributed by atoms with E-state index in [0.717, 1.165) is 31.5 Å². The molecule has 134 valence electrons. The van der Waals surface area contributed by atoms with Crippen molar-refractivity contribution in [3.63, 3.8) is 0 Å². The lowest BCUT2D eigenvalue weighted by Crippen LogP contribution is -2.31. The largest absolute Gasteiger partial charge is 0.573 e. The average Bonchev–Trinajstić information content (AvgIpc) is 2.55. The molecule has 1 saturated heterocycles. The number of amides is 1. The molecule has 24 heavy (non-hydrogen) atoms. The SMILES string of the molecule is CCN(CC)C(=O)c1ccc(C2CCNCC2)cc1OC(F)(F)F. The zero-order valence-electron chi connectivity index (χ0n) is 13.9. The standard InChI is InChI=1S/C17H23F3N2O2/c1-3-22(4-2)16(23)14-6-5-13(12-7-9-21-10-8-12)11-15(14)24-17(18,19)20/h5-6,11-12,21H,3-4,7-10H2,1-2H3. The molecule has 0 bridgehead atoms. The number of hydrogen-bond acceptors (Lipinski definition) is 3. The molecule has 1 aliphatic rings. The Labute approximate surface area is 140 Å². The lowest BCUT2D eigenvalue weighted by atomic mass is 9.89. The summed E-state index contributed by atoms with van der Waals surface area (Å²) < 4.78 is 42.5. The van der Waals surface area contributed by atoms with E-state index in [1.54, 1.807) is 19.9 Å². The van der Waals surface area contributed by atoms with Crippen molar-refractivity contribution in [1.82, 2.24) is 10.2 Å². The van der Waals surface area contributed by atoms with Crippen LogP contribution in [0.4, 0.5) is 13.2 Å². The molecule has 2 rings (SSSR count). The van der Waals surface area contributed by atoms with Crippen LogP contribution in [0.5, 0.6) is 5.75 Å². The van der Waals surface area contributed by atoms with Crippen molar-refractivity contribution in [1.29, 1.82) is 0 Å². The predicted octanol–water partition coefficient (Wildman–Crippen LogP) is 3.53. The van der Waals surface area contributed by atoms with Gasteiger partial charge >= 0.3 is 6.36 Å². The topological polar surface area (TPSA) is 41.6 Å². The second-order valence-electron chi connectivity index (χ2n) is 5.81. The maximum absolute atomic E-state index is 12.8. The minimum Gasteiger partial charge on any atom is -0.405 e. The van der Waals surface area contributed by atoms with E-state index in [2.05, 4.69) is 10.1 Å². The highest BCUT2D eigenvalue weighted by Crippen LogP contribution is 2.33. The van der Waals surface area contributed by atoms with Crippen molar-refractivity contribution in [2.24, 2.45) is 0 Å². The molecular formula is C17H23F3N2O2. The summed E-state index contributed by atoms with van der Waals surface area (Å²) in [5, 5.41) is 3.23. The lowest BCUT2D eigenvalue weighted by molar-refractivity contribution is -0.274. The Bertz CT molecular complexity index is 565. The molecule has 1 aromatic rings. The molecule has 0 aromatic heterocycles. The highest BCUT2D eigenvalue weighted by molar-refractivity contribution is 5.97. The Balaban J connectivity index is 2.36. The van der Waals surface area contributed by atoms with Crippen molar-refractivity contribution in [2.75, 3.05) is 26.2 Å². The summed E-state index contributed by atoms with van der Waals surface area (Å²) in [6.45, 7) is 6.10. The molecule has 0 radical (unpaired) electrons. The van der Waals surface area contributed by atoms with Crippen LogP contribution >= 0.6 is 0 Å². The Kier molecular flexibility index (Phi) is 6.10. The number of carbonyl (C=O) groups excluding carboxylic acids is 1. The molecule has 1 amide bonds. The van der Waals surface area contributed by atoms with Gasteiger partial charge in [0.15, 0.2) is 0 Å². The minimum atomic E-state index is -4.83. The highest BCUT2D eigenvalue weighted by atomic mass is 19.4.